The lowest BCUT2D eigenvalue weighted by molar-refractivity contribution is 0.212. The molecule has 2 aromatic heterocycles. The van der Waals surface area contributed by atoms with E-state index in [-0.39, 0.29) is 0 Å². The Morgan fingerprint density at radius 1 is 1.38 bits per heavy atom. The summed E-state index contributed by atoms with van der Waals surface area (Å²) >= 11 is 6.06. The molecule has 5 nitrogen and oxygen atoms in total. The van der Waals surface area contributed by atoms with E-state index in [9.17, 15) is 0 Å². The molecule has 1 aromatic carbocycles. The van der Waals surface area contributed by atoms with Crippen molar-refractivity contribution in [2.75, 3.05) is 19.6 Å². The van der Waals surface area contributed by atoms with E-state index in [1.807, 2.05) is 24.4 Å². The van der Waals surface area contributed by atoms with Crippen molar-refractivity contribution in [2.24, 2.45) is 0 Å². The molecule has 0 unspecified atom stereocenters. The number of H-pyrrole nitrogens is 1. The van der Waals surface area contributed by atoms with E-state index in [0.717, 1.165) is 35.0 Å². The van der Waals surface area contributed by atoms with Crippen LogP contribution >= 0.6 is 11.6 Å². The summed E-state index contributed by atoms with van der Waals surface area (Å²) in [6.07, 6.45) is 6.41. The summed E-state index contributed by atoms with van der Waals surface area (Å²) in [6.45, 7) is 6.36. The normalized spacial score (nSPS) is 19.2. The highest BCUT2D eigenvalue weighted by Crippen LogP contribution is 2.26. The number of aromatic amines is 1. The van der Waals surface area contributed by atoms with E-state index >= 15 is 0 Å². The molecule has 0 amide bonds. The predicted octanol–water partition coefficient (Wildman–Crippen LogP) is 3.66. The Morgan fingerprint density at radius 2 is 2.29 bits per heavy atom. The van der Waals surface area contributed by atoms with Gasteiger partial charge in [0.05, 0.1) is 17.6 Å². The van der Waals surface area contributed by atoms with Crippen LogP contribution in [0.5, 0.6) is 0 Å². The van der Waals surface area contributed by atoms with Gasteiger partial charge in [0.1, 0.15) is 11.6 Å². The number of benzene rings is 1. The Balaban J connectivity index is 1.57. The summed E-state index contributed by atoms with van der Waals surface area (Å²) in [5, 5.41) is 0.725. The summed E-state index contributed by atoms with van der Waals surface area (Å²) in [5.74, 6) is 2.62. The number of fused-ring (bicyclic) bond motifs is 1. The first kappa shape index (κ1) is 15.7. The molecule has 0 aliphatic carbocycles. The fourth-order valence-electron chi connectivity index (χ4n) is 3.64. The van der Waals surface area contributed by atoms with Gasteiger partial charge in [0.25, 0.3) is 0 Å². The third-order valence-electron chi connectivity index (χ3n) is 4.88. The molecule has 1 N–H and O–H groups in total. The van der Waals surface area contributed by atoms with E-state index < -0.39 is 0 Å². The Bertz CT molecular complexity index is 837. The Hall–Kier alpha value is -1.85. The summed E-state index contributed by atoms with van der Waals surface area (Å²) in [6, 6.07) is 5.74. The van der Waals surface area contributed by atoms with Crippen molar-refractivity contribution in [1.82, 2.24) is 24.4 Å². The molecular formula is C18H22ClN5. The molecule has 3 aromatic rings. The van der Waals surface area contributed by atoms with Gasteiger partial charge in [-0.1, -0.05) is 18.5 Å². The summed E-state index contributed by atoms with van der Waals surface area (Å²) in [5.41, 5.74) is 1.93. The number of hydrogen-bond acceptors (Lipinski definition) is 3. The highest BCUT2D eigenvalue weighted by Gasteiger charge is 2.24. The largest absolute Gasteiger partial charge is 0.340 e. The van der Waals surface area contributed by atoms with Crippen LogP contribution < -0.4 is 0 Å². The van der Waals surface area contributed by atoms with Gasteiger partial charge in [0.15, 0.2) is 0 Å². The molecule has 1 aliphatic rings. The smallest absolute Gasteiger partial charge is 0.127 e. The van der Waals surface area contributed by atoms with Crippen molar-refractivity contribution in [3.8, 4) is 0 Å². The van der Waals surface area contributed by atoms with Crippen LogP contribution in [-0.4, -0.2) is 44.1 Å². The van der Waals surface area contributed by atoms with E-state index in [0.29, 0.717) is 12.5 Å². The van der Waals surface area contributed by atoms with E-state index in [4.69, 9.17) is 11.6 Å². The lowest BCUT2D eigenvalue weighted by atomic mass is 9.97. The number of nitrogens with one attached hydrogen (secondary N) is 1. The Morgan fingerprint density at radius 3 is 3.17 bits per heavy atom. The number of aromatic nitrogens is 4. The van der Waals surface area contributed by atoms with Crippen LogP contribution in [0.15, 0.2) is 30.6 Å². The van der Waals surface area contributed by atoms with Crippen molar-refractivity contribution in [3.05, 3.63) is 47.3 Å². The van der Waals surface area contributed by atoms with Crippen molar-refractivity contribution in [2.45, 2.75) is 32.2 Å². The zero-order valence-corrected chi connectivity index (χ0v) is 14.6. The van der Waals surface area contributed by atoms with Crippen LogP contribution in [0.1, 0.15) is 37.3 Å². The molecule has 1 aliphatic heterocycles. The third-order valence-corrected chi connectivity index (χ3v) is 5.11. The maximum Gasteiger partial charge on any atom is 0.127 e. The predicted molar refractivity (Wildman–Crippen MR) is 96.5 cm³/mol. The van der Waals surface area contributed by atoms with Crippen LogP contribution in [0, 0.1) is 0 Å². The SMILES string of the molecule is CCN1CCC[C@@H](c2nccn2Cc2nc3ccc(Cl)cc3[nH]2)C1. The number of likely N-dealkylation sites (tertiary alicyclic amines) is 1. The van der Waals surface area contributed by atoms with Crippen molar-refractivity contribution in [3.63, 3.8) is 0 Å². The zero-order chi connectivity index (χ0) is 16.5. The van der Waals surface area contributed by atoms with Gasteiger partial charge in [-0.2, -0.15) is 0 Å². The molecule has 3 heterocycles. The maximum absolute atomic E-state index is 6.06. The van der Waals surface area contributed by atoms with Gasteiger partial charge in [-0.3, -0.25) is 0 Å². The van der Waals surface area contributed by atoms with Crippen molar-refractivity contribution >= 4 is 22.6 Å². The fourth-order valence-corrected chi connectivity index (χ4v) is 3.81. The Kier molecular flexibility index (Phi) is 4.29. The maximum atomic E-state index is 6.06. The second-order valence-electron chi connectivity index (χ2n) is 6.49. The minimum Gasteiger partial charge on any atom is -0.340 e. The minimum absolute atomic E-state index is 0.507. The summed E-state index contributed by atoms with van der Waals surface area (Å²) in [4.78, 5) is 15.2. The number of nitrogens with zero attached hydrogens (tertiary/aromatic N) is 4. The first-order chi connectivity index (χ1) is 11.7. The molecule has 4 rings (SSSR count). The molecule has 0 spiro atoms. The molecule has 0 radical (unpaired) electrons. The van der Waals surface area contributed by atoms with E-state index in [1.54, 1.807) is 0 Å². The van der Waals surface area contributed by atoms with Crippen LogP contribution in [0.3, 0.4) is 0 Å². The van der Waals surface area contributed by atoms with Crippen LogP contribution in [0.2, 0.25) is 5.02 Å². The molecular weight excluding hydrogens is 322 g/mol. The highest BCUT2D eigenvalue weighted by atomic mass is 35.5. The van der Waals surface area contributed by atoms with Gasteiger partial charge < -0.3 is 14.5 Å². The average molecular weight is 344 g/mol. The number of halogens is 1. The number of hydrogen-bond donors (Lipinski definition) is 1. The van der Waals surface area contributed by atoms with Crippen LogP contribution in [0.25, 0.3) is 11.0 Å². The second kappa shape index (κ2) is 6.57. The monoisotopic (exact) mass is 343 g/mol. The molecule has 126 valence electrons. The van der Waals surface area contributed by atoms with E-state index in [1.165, 1.54) is 25.2 Å². The second-order valence-corrected chi connectivity index (χ2v) is 6.93. The first-order valence-corrected chi connectivity index (χ1v) is 8.98. The molecule has 24 heavy (non-hydrogen) atoms. The molecule has 1 saturated heterocycles. The van der Waals surface area contributed by atoms with Crippen molar-refractivity contribution < 1.29 is 0 Å². The molecule has 0 saturated carbocycles. The standard InChI is InChI=1S/C18H22ClN5/c1-2-23-8-3-4-13(11-23)18-20-7-9-24(18)12-17-21-15-6-5-14(19)10-16(15)22-17/h5-7,9-10,13H,2-4,8,11-12H2,1H3,(H,21,22)/t13-/m1/s1. The summed E-state index contributed by atoms with van der Waals surface area (Å²) < 4.78 is 2.23. The van der Waals surface area contributed by atoms with Gasteiger partial charge in [0.2, 0.25) is 0 Å². The molecule has 0 bridgehead atoms. The average Bonchev–Trinajstić information content (AvgIpc) is 3.21. The van der Waals surface area contributed by atoms with Crippen LogP contribution in [-0.2, 0) is 6.54 Å². The van der Waals surface area contributed by atoms with Gasteiger partial charge >= 0.3 is 0 Å². The molecule has 1 atom stereocenters. The van der Waals surface area contributed by atoms with Gasteiger partial charge in [-0.15, -0.1) is 0 Å². The third kappa shape index (κ3) is 3.06. The lowest BCUT2D eigenvalue weighted by Gasteiger charge is -2.31. The van der Waals surface area contributed by atoms with Crippen LogP contribution in [0.4, 0.5) is 0 Å². The van der Waals surface area contributed by atoms with Crippen molar-refractivity contribution in [1.29, 1.82) is 0 Å². The summed E-state index contributed by atoms with van der Waals surface area (Å²) in [7, 11) is 0. The Labute approximate surface area is 146 Å². The fraction of sp³-hybridized carbons (Fsp3) is 0.444. The van der Waals surface area contributed by atoms with Gasteiger partial charge in [-0.25, -0.2) is 9.97 Å². The quantitative estimate of drug-likeness (QED) is 0.786. The highest BCUT2D eigenvalue weighted by molar-refractivity contribution is 6.31. The molecule has 1 fully saturated rings. The topological polar surface area (TPSA) is 49.7 Å². The number of rotatable bonds is 4. The van der Waals surface area contributed by atoms with Gasteiger partial charge in [-0.05, 0) is 44.1 Å². The number of imidazole rings is 2. The van der Waals surface area contributed by atoms with E-state index in [2.05, 4.69) is 37.5 Å². The number of likely N-dealkylation sites (N-methyl/N-ethyl adjacent to an activating group) is 1. The number of piperidine rings is 1. The minimum atomic E-state index is 0.507. The first-order valence-electron chi connectivity index (χ1n) is 8.60. The lowest BCUT2D eigenvalue weighted by Crippen LogP contribution is -2.35. The van der Waals surface area contributed by atoms with Gasteiger partial charge in [0, 0.05) is 29.9 Å². The molecule has 6 heteroatoms. The zero-order valence-electron chi connectivity index (χ0n) is 13.9.